The summed E-state index contributed by atoms with van der Waals surface area (Å²) >= 11 is 0. The van der Waals surface area contributed by atoms with Crippen LogP contribution >= 0.6 is 0 Å². The highest BCUT2D eigenvalue weighted by Gasteiger charge is 2.23. The molecule has 2 N–H and O–H groups in total. The summed E-state index contributed by atoms with van der Waals surface area (Å²) in [7, 11) is 2.11. The maximum atomic E-state index is 9.33. The number of rotatable bonds is 8. The van der Waals surface area contributed by atoms with E-state index in [4.69, 9.17) is 0 Å². The van der Waals surface area contributed by atoms with E-state index in [9.17, 15) is 5.11 Å². The maximum absolute atomic E-state index is 9.33. The van der Waals surface area contributed by atoms with Crippen molar-refractivity contribution in [3.63, 3.8) is 0 Å². The van der Waals surface area contributed by atoms with Crippen LogP contribution in [0, 0.1) is 5.41 Å². The van der Waals surface area contributed by atoms with Crippen molar-refractivity contribution < 1.29 is 5.11 Å². The van der Waals surface area contributed by atoms with E-state index in [0.29, 0.717) is 5.75 Å². The lowest BCUT2D eigenvalue weighted by Crippen LogP contribution is -2.41. The highest BCUT2D eigenvalue weighted by Crippen LogP contribution is 2.25. The molecule has 1 unspecified atom stereocenters. The normalized spacial score (nSPS) is 14.1. The van der Waals surface area contributed by atoms with Crippen molar-refractivity contribution in [2.45, 2.75) is 33.6 Å². The van der Waals surface area contributed by atoms with Crippen molar-refractivity contribution in [2.24, 2.45) is 5.41 Å². The van der Waals surface area contributed by atoms with Crippen LogP contribution < -0.4 is 10.2 Å². The fourth-order valence-corrected chi connectivity index (χ4v) is 2.23. The van der Waals surface area contributed by atoms with Gasteiger partial charge < -0.3 is 15.3 Å². The van der Waals surface area contributed by atoms with Crippen molar-refractivity contribution in [3.8, 4) is 5.75 Å². The van der Waals surface area contributed by atoms with Crippen molar-refractivity contribution in [1.82, 2.24) is 5.32 Å². The Labute approximate surface area is 117 Å². The number of aromatic hydroxyl groups is 1. The minimum atomic E-state index is 0.266. The predicted molar refractivity (Wildman–Crippen MR) is 82.9 cm³/mol. The monoisotopic (exact) mass is 264 g/mol. The molecule has 1 aromatic carbocycles. The van der Waals surface area contributed by atoms with E-state index in [2.05, 4.69) is 38.0 Å². The van der Waals surface area contributed by atoms with Gasteiger partial charge >= 0.3 is 0 Å². The van der Waals surface area contributed by atoms with Crippen LogP contribution in [0.15, 0.2) is 24.3 Å². The molecule has 0 heterocycles. The summed E-state index contributed by atoms with van der Waals surface area (Å²) in [6.45, 7) is 9.90. The van der Waals surface area contributed by atoms with Crippen molar-refractivity contribution in [2.75, 3.05) is 31.6 Å². The molecule has 0 saturated heterocycles. The lowest BCUT2D eigenvalue weighted by Gasteiger charge is -2.34. The maximum Gasteiger partial charge on any atom is 0.115 e. The molecule has 1 atom stereocenters. The van der Waals surface area contributed by atoms with Crippen molar-refractivity contribution in [3.05, 3.63) is 24.3 Å². The zero-order chi connectivity index (χ0) is 14.3. The molecule has 0 amide bonds. The topological polar surface area (TPSA) is 35.5 Å². The summed E-state index contributed by atoms with van der Waals surface area (Å²) in [5.41, 5.74) is 1.41. The second kappa shape index (κ2) is 7.39. The fourth-order valence-electron chi connectivity index (χ4n) is 2.23. The smallest absolute Gasteiger partial charge is 0.115 e. The number of phenolic OH excluding ortho intramolecular Hbond substituents is 1. The molecular formula is C16H28N2O. The lowest BCUT2D eigenvalue weighted by atomic mass is 9.86. The first-order valence-electron chi connectivity index (χ1n) is 7.21. The van der Waals surface area contributed by atoms with Crippen LogP contribution in [0.2, 0.25) is 0 Å². The van der Waals surface area contributed by atoms with Gasteiger partial charge in [0.05, 0.1) is 0 Å². The van der Waals surface area contributed by atoms with Gasteiger partial charge in [0.25, 0.3) is 0 Å². The Kier molecular flexibility index (Phi) is 6.16. The Balaban J connectivity index is 2.61. The van der Waals surface area contributed by atoms with E-state index in [-0.39, 0.29) is 5.41 Å². The van der Waals surface area contributed by atoms with Gasteiger partial charge in [0, 0.05) is 25.8 Å². The van der Waals surface area contributed by atoms with E-state index in [0.717, 1.165) is 31.7 Å². The number of anilines is 1. The predicted octanol–water partition coefficient (Wildman–Crippen LogP) is 3.24. The summed E-state index contributed by atoms with van der Waals surface area (Å²) in [6.07, 6.45) is 2.32. The number of hydrogen-bond donors (Lipinski definition) is 2. The van der Waals surface area contributed by atoms with Crippen LogP contribution in [0.5, 0.6) is 5.75 Å². The Morgan fingerprint density at radius 2 is 1.84 bits per heavy atom. The van der Waals surface area contributed by atoms with Crippen molar-refractivity contribution >= 4 is 5.69 Å². The molecule has 0 bridgehead atoms. The fraction of sp³-hybridized carbons (Fsp3) is 0.625. The SMILES string of the molecule is CCCNCC(C)(CC)CN(C)c1ccc(O)cc1. The molecule has 0 radical (unpaired) electrons. The largest absolute Gasteiger partial charge is 0.508 e. The summed E-state index contributed by atoms with van der Waals surface area (Å²) in [4.78, 5) is 2.26. The Morgan fingerprint density at radius 1 is 1.21 bits per heavy atom. The zero-order valence-electron chi connectivity index (χ0n) is 12.7. The minimum absolute atomic E-state index is 0.266. The molecule has 1 aromatic rings. The Bertz CT molecular complexity index is 364. The number of phenols is 1. The molecular weight excluding hydrogens is 236 g/mol. The average molecular weight is 264 g/mol. The first-order valence-corrected chi connectivity index (χ1v) is 7.21. The third-order valence-electron chi connectivity index (χ3n) is 3.74. The highest BCUT2D eigenvalue weighted by molar-refractivity contribution is 5.48. The van der Waals surface area contributed by atoms with Gasteiger partial charge in [0.2, 0.25) is 0 Å². The number of nitrogens with zero attached hydrogens (tertiary/aromatic N) is 1. The molecule has 0 spiro atoms. The van der Waals surface area contributed by atoms with Gasteiger partial charge in [-0.3, -0.25) is 0 Å². The average Bonchev–Trinajstić information content (AvgIpc) is 2.39. The van der Waals surface area contributed by atoms with Gasteiger partial charge in [-0.25, -0.2) is 0 Å². The van der Waals surface area contributed by atoms with Crippen LogP contribution in [0.25, 0.3) is 0 Å². The first kappa shape index (κ1) is 15.8. The molecule has 0 aliphatic rings. The highest BCUT2D eigenvalue weighted by atomic mass is 16.3. The van der Waals surface area contributed by atoms with Crippen LogP contribution in [-0.4, -0.2) is 31.8 Å². The zero-order valence-corrected chi connectivity index (χ0v) is 12.7. The first-order chi connectivity index (χ1) is 9.00. The number of benzene rings is 1. The van der Waals surface area contributed by atoms with E-state index >= 15 is 0 Å². The third-order valence-corrected chi connectivity index (χ3v) is 3.74. The molecule has 0 fully saturated rings. The summed E-state index contributed by atoms with van der Waals surface area (Å²) in [6, 6.07) is 7.41. The van der Waals surface area contributed by atoms with Crippen LogP contribution in [0.1, 0.15) is 33.6 Å². The second-order valence-electron chi connectivity index (χ2n) is 5.71. The van der Waals surface area contributed by atoms with Crippen LogP contribution in [0.3, 0.4) is 0 Å². The van der Waals surface area contributed by atoms with E-state index in [1.807, 2.05) is 12.1 Å². The minimum Gasteiger partial charge on any atom is -0.508 e. The molecule has 1 rings (SSSR count). The molecule has 0 saturated carbocycles. The van der Waals surface area contributed by atoms with E-state index in [1.165, 1.54) is 6.42 Å². The lowest BCUT2D eigenvalue weighted by molar-refractivity contribution is 0.299. The van der Waals surface area contributed by atoms with E-state index in [1.54, 1.807) is 12.1 Å². The molecule has 0 aliphatic carbocycles. The molecule has 0 aromatic heterocycles. The summed E-state index contributed by atoms with van der Waals surface area (Å²) in [5, 5.41) is 12.9. The summed E-state index contributed by atoms with van der Waals surface area (Å²) in [5.74, 6) is 0.319. The molecule has 3 nitrogen and oxygen atoms in total. The standard InChI is InChI=1S/C16H28N2O/c1-5-11-17-12-16(3,6-2)13-18(4)14-7-9-15(19)10-8-14/h7-10,17,19H,5-6,11-13H2,1-4H3. The quantitative estimate of drug-likeness (QED) is 0.708. The van der Waals surface area contributed by atoms with Crippen molar-refractivity contribution in [1.29, 1.82) is 0 Å². The van der Waals surface area contributed by atoms with Gasteiger partial charge in [-0.05, 0) is 49.1 Å². The second-order valence-corrected chi connectivity index (χ2v) is 5.71. The number of nitrogens with one attached hydrogen (secondary N) is 1. The van der Waals surface area contributed by atoms with Crippen LogP contribution in [0.4, 0.5) is 5.69 Å². The molecule has 108 valence electrons. The van der Waals surface area contributed by atoms with Gasteiger partial charge in [-0.2, -0.15) is 0 Å². The number of hydrogen-bond acceptors (Lipinski definition) is 3. The summed E-state index contributed by atoms with van der Waals surface area (Å²) < 4.78 is 0. The van der Waals surface area contributed by atoms with Gasteiger partial charge in [0.15, 0.2) is 0 Å². The Morgan fingerprint density at radius 3 is 2.37 bits per heavy atom. The van der Waals surface area contributed by atoms with Crippen LogP contribution in [-0.2, 0) is 0 Å². The molecule has 0 aliphatic heterocycles. The van der Waals surface area contributed by atoms with Gasteiger partial charge in [-0.15, -0.1) is 0 Å². The van der Waals surface area contributed by atoms with Gasteiger partial charge in [-0.1, -0.05) is 20.8 Å². The van der Waals surface area contributed by atoms with E-state index < -0.39 is 0 Å². The third kappa shape index (κ3) is 5.11. The molecule has 3 heteroatoms. The molecule has 19 heavy (non-hydrogen) atoms. The Hall–Kier alpha value is -1.22. The van der Waals surface area contributed by atoms with Gasteiger partial charge in [0.1, 0.15) is 5.75 Å².